The SMILES string of the molecule is CN1c2c(nc(N)[nH]c2=O)NC[C@H]1CNc1ccc(C(=O)NC(CCC(=O)O)C(=O)O)cc1. The summed E-state index contributed by atoms with van der Waals surface area (Å²) in [4.78, 5) is 54.9. The number of carbonyl (C=O) groups is 3. The number of nitrogen functional groups attached to an aromatic ring is 1. The quantitative estimate of drug-likeness (QED) is 0.260. The number of rotatable bonds is 9. The van der Waals surface area contributed by atoms with Crippen molar-refractivity contribution in [2.45, 2.75) is 24.9 Å². The van der Waals surface area contributed by atoms with E-state index in [-0.39, 0.29) is 36.0 Å². The highest BCUT2D eigenvalue weighted by molar-refractivity contribution is 5.96. The van der Waals surface area contributed by atoms with E-state index in [4.69, 9.17) is 10.8 Å². The Morgan fingerprint density at radius 1 is 1.27 bits per heavy atom. The Balaban J connectivity index is 1.58. The second kappa shape index (κ2) is 9.89. The maximum Gasteiger partial charge on any atom is 0.326 e. The molecule has 2 aromatic rings. The smallest absolute Gasteiger partial charge is 0.326 e. The Morgan fingerprint density at radius 3 is 2.61 bits per heavy atom. The number of H-pyrrole nitrogens is 1. The van der Waals surface area contributed by atoms with Crippen molar-refractivity contribution < 1.29 is 24.6 Å². The number of aliphatic carboxylic acids is 2. The summed E-state index contributed by atoms with van der Waals surface area (Å²) in [6.07, 6.45) is -0.586. The number of fused-ring (bicyclic) bond motifs is 1. The van der Waals surface area contributed by atoms with E-state index in [2.05, 4.69) is 25.9 Å². The molecular formula is C20H25N7O6. The highest BCUT2D eigenvalue weighted by atomic mass is 16.4. The van der Waals surface area contributed by atoms with Gasteiger partial charge in [-0.1, -0.05) is 0 Å². The molecule has 0 fully saturated rings. The lowest BCUT2D eigenvalue weighted by molar-refractivity contribution is -0.140. The maximum atomic E-state index is 12.3. The number of nitrogens with two attached hydrogens (primary N) is 1. The molecule has 0 saturated heterocycles. The lowest BCUT2D eigenvalue weighted by atomic mass is 10.1. The second-order valence-corrected chi connectivity index (χ2v) is 7.55. The zero-order valence-electron chi connectivity index (χ0n) is 17.8. The van der Waals surface area contributed by atoms with E-state index in [1.54, 1.807) is 19.2 Å². The number of nitrogens with zero attached hydrogens (tertiary/aromatic N) is 2. The largest absolute Gasteiger partial charge is 0.481 e. The van der Waals surface area contributed by atoms with Crippen molar-refractivity contribution in [2.24, 2.45) is 0 Å². The van der Waals surface area contributed by atoms with Gasteiger partial charge in [0.1, 0.15) is 11.7 Å². The molecule has 2 heterocycles. The average molecular weight is 459 g/mol. The first-order valence-electron chi connectivity index (χ1n) is 10.1. The van der Waals surface area contributed by atoms with Gasteiger partial charge in [-0.3, -0.25) is 19.4 Å². The molecule has 0 radical (unpaired) electrons. The number of aromatic amines is 1. The third-order valence-corrected chi connectivity index (χ3v) is 5.26. The van der Waals surface area contributed by atoms with Gasteiger partial charge in [0.05, 0.1) is 6.04 Å². The van der Waals surface area contributed by atoms with Crippen LogP contribution in [0, 0.1) is 0 Å². The van der Waals surface area contributed by atoms with E-state index < -0.39 is 23.9 Å². The van der Waals surface area contributed by atoms with Crippen LogP contribution >= 0.6 is 0 Å². The summed E-state index contributed by atoms with van der Waals surface area (Å²) in [7, 11) is 1.79. The Labute approximate surface area is 188 Å². The summed E-state index contributed by atoms with van der Waals surface area (Å²) in [5.41, 5.74) is 6.59. The van der Waals surface area contributed by atoms with Crippen molar-refractivity contribution in [1.29, 1.82) is 0 Å². The highest BCUT2D eigenvalue weighted by Gasteiger charge is 2.27. The van der Waals surface area contributed by atoms with Gasteiger partial charge in [-0.2, -0.15) is 4.98 Å². The summed E-state index contributed by atoms with van der Waals surface area (Å²) in [5.74, 6) is -2.59. The van der Waals surface area contributed by atoms with E-state index in [0.29, 0.717) is 24.6 Å². The Kier molecular flexibility index (Phi) is 7.00. The van der Waals surface area contributed by atoms with Gasteiger partial charge in [-0.05, 0) is 30.7 Å². The summed E-state index contributed by atoms with van der Waals surface area (Å²) in [6, 6.07) is 5.03. The molecule has 13 heteroatoms. The summed E-state index contributed by atoms with van der Waals surface area (Å²) in [5, 5.41) is 26.6. The molecule has 33 heavy (non-hydrogen) atoms. The second-order valence-electron chi connectivity index (χ2n) is 7.55. The van der Waals surface area contributed by atoms with Gasteiger partial charge in [0.2, 0.25) is 5.95 Å². The van der Waals surface area contributed by atoms with Gasteiger partial charge < -0.3 is 36.8 Å². The Morgan fingerprint density at radius 2 is 1.97 bits per heavy atom. The molecule has 0 spiro atoms. The first-order chi connectivity index (χ1) is 15.7. The zero-order valence-corrected chi connectivity index (χ0v) is 17.8. The molecule has 1 amide bonds. The zero-order chi connectivity index (χ0) is 24.1. The van der Waals surface area contributed by atoms with Gasteiger partial charge >= 0.3 is 11.9 Å². The number of nitrogens with one attached hydrogen (secondary N) is 4. The molecule has 8 N–H and O–H groups in total. The van der Waals surface area contributed by atoms with E-state index in [0.717, 1.165) is 5.69 Å². The predicted molar refractivity (Wildman–Crippen MR) is 121 cm³/mol. The number of likely N-dealkylation sites (N-methyl/N-ethyl adjacent to an activating group) is 1. The van der Waals surface area contributed by atoms with Crippen LogP contribution in [0.2, 0.25) is 0 Å². The van der Waals surface area contributed by atoms with Crippen LogP contribution < -0.4 is 32.1 Å². The van der Waals surface area contributed by atoms with Crippen LogP contribution in [0.15, 0.2) is 29.1 Å². The number of anilines is 4. The Hall–Kier alpha value is -4.29. The van der Waals surface area contributed by atoms with Gasteiger partial charge in [0, 0.05) is 37.8 Å². The van der Waals surface area contributed by atoms with Crippen LogP contribution in [0.3, 0.4) is 0 Å². The number of benzene rings is 1. The van der Waals surface area contributed by atoms with Crippen LogP contribution in [0.5, 0.6) is 0 Å². The van der Waals surface area contributed by atoms with Crippen molar-refractivity contribution in [1.82, 2.24) is 15.3 Å². The van der Waals surface area contributed by atoms with Crippen LogP contribution in [0.1, 0.15) is 23.2 Å². The number of hydrogen-bond donors (Lipinski definition) is 7. The monoisotopic (exact) mass is 459 g/mol. The molecule has 1 aromatic carbocycles. The maximum absolute atomic E-state index is 12.3. The molecule has 1 aliphatic heterocycles. The van der Waals surface area contributed by atoms with Crippen LogP contribution in [0.4, 0.5) is 23.1 Å². The lowest BCUT2D eigenvalue weighted by Gasteiger charge is -2.35. The number of carboxylic acids is 2. The van der Waals surface area contributed by atoms with Gasteiger partial charge in [-0.15, -0.1) is 0 Å². The molecule has 176 valence electrons. The fraction of sp³-hybridized carbons (Fsp3) is 0.350. The minimum absolute atomic E-state index is 0.0388. The number of carbonyl (C=O) groups excluding carboxylic acids is 1. The van der Waals surface area contributed by atoms with Crippen LogP contribution in [-0.2, 0) is 9.59 Å². The van der Waals surface area contributed by atoms with Crippen molar-refractivity contribution in [2.75, 3.05) is 41.4 Å². The Bertz CT molecular complexity index is 1100. The van der Waals surface area contributed by atoms with Crippen molar-refractivity contribution in [3.63, 3.8) is 0 Å². The standard InChI is InChI=1S/C20H25N7O6/c1-27-12(9-23-16-15(27)18(31)26-20(21)25-16)8-22-11-4-2-10(3-5-11)17(30)24-13(19(32)33)6-7-14(28)29/h2-5,12-13,22H,6-9H2,1H3,(H,24,30)(H,28,29)(H,32,33)(H4,21,23,25,26,31)/t12-,13?/m1/s1. The lowest BCUT2D eigenvalue weighted by Crippen LogP contribution is -2.48. The highest BCUT2D eigenvalue weighted by Crippen LogP contribution is 2.25. The van der Waals surface area contributed by atoms with E-state index in [1.807, 2.05) is 4.90 Å². The molecule has 0 bridgehead atoms. The van der Waals surface area contributed by atoms with Crippen LogP contribution in [0.25, 0.3) is 0 Å². The normalized spacial score (nSPS) is 15.7. The third kappa shape index (κ3) is 5.70. The van der Waals surface area contributed by atoms with Crippen molar-refractivity contribution in [3.8, 4) is 0 Å². The molecule has 0 aliphatic carbocycles. The van der Waals surface area contributed by atoms with Crippen molar-refractivity contribution in [3.05, 3.63) is 40.2 Å². The molecule has 0 saturated carbocycles. The third-order valence-electron chi connectivity index (χ3n) is 5.26. The molecular weight excluding hydrogens is 434 g/mol. The fourth-order valence-corrected chi connectivity index (χ4v) is 3.42. The fourth-order valence-electron chi connectivity index (χ4n) is 3.42. The minimum Gasteiger partial charge on any atom is -0.481 e. The van der Waals surface area contributed by atoms with E-state index >= 15 is 0 Å². The van der Waals surface area contributed by atoms with Gasteiger partial charge in [-0.25, -0.2) is 4.79 Å². The van der Waals surface area contributed by atoms with E-state index in [9.17, 15) is 24.3 Å². The molecule has 1 unspecified atom stereocenters. The van der Waals surface area contributed by atoms with Crippen molar-refractivity contribution >= 4 is 41.0 Å². The first-order valence-corrected chi connectivity index (χ1v) is 10.1. The summed E-state index contributed by atoms with van der Waals surface area (Å²) in [6.45, 7) is 1.01. The summed E-state index contributed by atoms with van der Waals surface area (Å²) >= 11 is 0. The minimum atomic E-state index is -1.30. The van der Waals surface area contributed by atoms with Gasteiger partial charge in [0.15, 0.2) is 5.82 Å². The van der Waals surface area contributed by atoms with Gasteiger partial charge in [0.25, 0.3) is 11.5 Å². The number of carboxylic acid groups (broad SMARTS) is 2. The molecule has 1 aromatic heterocycles. The predicted octanol–water partition coefficient (Wildman–Crippen LogP) is -0.258. The molecule has 1 aliphatic rings. The number of hydrogen-bond acceptors (Lipinski definition) is 9. The molecule has 3 rings (SSSR count). The number of aromatic nitrogens is 2. The average Bonchev–Trinajstić information content (AvgIpc) is 2.75. The molecule has 2 atom stereocenters. The molecule has 13 nitrogen and oxygen atoms in total. The first kappa shape index (κ1) is 23.4. The topological polar surface area (TPSA) is 203 Å². The van der Waals surface area contributed by atoms with E-state index in [1.165, 1.54) is 12.1 Å². The summed E-state index contributed by atoms with van der Waals surface area (Å²) < 4.78 is 0. The number of amides is 1. The van der Waals surface area contributed by atoms with Crippen LogP contribution in [-0.4, -0.2) is 70.2 Å².